The number of cyclic esters (lactones) is 1. The molecule has 0 unspecified atom stereocenters. The largest absolute Gasteiger partial charge is 0.433 e. The third kappa shape index (κ3) is 3.91. The molecule has 0 aliphatic carbocycles. The Morgan fingerprint density at radius 3 is 2.58 bits per heavy atom. The van der Waals surface area contributed by atoms with Gasteiger partial charge in [0.15, 0.2) is 0 Å². The maximum atomic E-state index is 14.3. The third-order valence-corrected chi connectivity index (χ3v) is 4.98. The molecular weight excluding hydrogens is 439 g/mol. The van der Waals surface area contributed by atoms with Gasteiger partial charge >= 0.3 is 18.4 Å². The molecule has 2 N–H and O–H groups in total. The van der Waals surface area contributed by atoms with Gasteiger partial charge in [0.25, 0.3) is 0 Å². The van der Waals surface area contributed by atoms with Crippen LogP contribution in [-0.2, 0) is 10.9 Å². The van der Waals surface area contributed by atoms with Crippen LogP contribution in [0.4, 0.5) is 41.3 Å². The first-order valence-electron chi connectivity index (χ1n) is 9.02. The van der Waals surface area contributed by atoms with Crippen molar-refractivity contribution < 1.29 is 40.3 Å². The smallest absolute Gasteiger partial charge is 0.431 e. The lowest BCUT2D eigenvalue weighted by Gasteiger charge is -2.29. The van der Waals surface area contributed by atoms with Gasteiger partial charge in [-0.25, -0.2) is 14.2 Å². The van der Waals surface area contributed by atoms with Crippen molar-refractivity contribution in [2.45, 2.75) is 37.1 Å². The monoisotopic (exact) mass is 453 g/mol. The molecular formula is C17H14F7N5O2. The Hall–Kier alpha value is -2.90. The van der Waals surface area contributed by atoms with Crippen LogP contribution in [0.1, 0.15) is 29.8 Å². The molecule has 0 spiro atoms. The van der Waals surface area contributed by atoms with E-state index in [9.17, 15) is 35.5 Å². The molecule has 2 aliphatic rings. The molecule has 31 heavy (non-hydrogen) atoms. The van der Waals surface area contributed by atoms with Crippen LogP contribution < -0.4 is 10.6 Å². The molecule has 2 aliphatic heterocycles. The minimum Gasteiger partial charge on any atom is -0.431 e. The zero-order chi connectivity index (χ0) is 22.6. The number of hydrogen-bond donors (Lipinski definition) is 2. The summed E-state index contributed by atoms with van der Waals surface area (Å²) in [6.07, 6.45) is -14.8. The van der Waals surface area contributed by atoms with E-state index >= 15 is 0 Å². The van der Waals surface area contributed by atoms with Crippen molar-refractivity contribution in [1.82, 2.24) is 20.1 Å². The second-order valence-corrected chi connectivity index (χ2v) is 7.01. The number of alkyl halides is 7. The van der Waals surface area contributed by atoms with E-state index in [-0.39, 0.29) is 25.1 Å². The first-order valence-corrected chi connectivity index (χ1v) is 9.02. The number of nitrogens with one attached hydrogen (secondary N) is 2. The summed E-state index contributed by atoms with van der Waals surface area (Å²) in [4.78, 5) is 15.1. The van der Waals surface area contributed by atoms with Gasteiger partial charge in [0.05, 0.1) is 17.3 Å². The van der Waals surface area contributed by atoms with Crippen molar-refractivity contribution in [3.8, 4) is 11.3 Å². The molecule has 7 nitrogen and oxygen atoms in total. The molecule has 3 atom stereocenters. The normalized spacial score (nSPS) is 24.4. The Morgan fingerprint density at radius 1 is 1.19 bits per heavy atom. The quantitative estimate of drug-likeness (QED) is 0.672. The summed E-state index contributed by atoms with van der Waals surface area (Å²) in [5.41, 5.74) is -2.84. The number of aromatic nitrogens is 3. The number of carbonyl (C=O) groups excluding carboxylic acids is 1. The highest BCUT2D eigenvalue weighted by molar-refractivity contribution is 5.89. The highest BCUT2D eigenvalue weighted by atomic mass is 19.4. The molecule has 0 radical (unpaired) electrons. The van der Waals surface area contributed by atoms with Crippen LogP contribution in [0.25, 0.3) is 11.3 Å². The predicted octanol–water partition coefficient (Wildman–Crippen LogP) is 4.00. The molecule has 4 heterocycles. The molecule has 1 fully saturated rings. The zero-order valence-corrected chi connectivity index (χ0v) is 15.4. The van der Waals surface area contributed by atoms with Crippen LogP contribution in [0.5, 0.6) is 0 Å². The van der Waals surface area contributed by atoms with Crippen molar-refractivity contribution in [2.75, 3.05) is 18.4 Å². The fourth-order valence-electron chi connectivity index (χ4n) is 3.66. The average Bonchev–Trinajstić information content (AvgIpc) is 3.12. The van der Waals surface area contributed by atoms with E-state index in [1.807, 2.05) is 5.32 Å². The molecule has 1 amide bonds. The van der Waals surface area contributed by atoms with Gasteiger partial charge in [0.2, 0.25) is 6.10 Å². The number of anilines is 1. The Balaban J connectivity index is 1.88. The molecule has 2 aromatic heterocycles. The van der Waals surface area contributed by atoms with Gasteiger partial charge in [-0.3, -0.25) is 10.00 Å². The fourth-order valence-corrected chi connectivity index (χ4v) is 3.66. The number of halogens is 7. The predicted molar refractivity (Wildman–Crippen MR) is 90.8 cm³/mol. The van der Waals surface area contributed by atoms with Gasteiger partial charge in [-0.2, -0.15) is 31.4 Å². The van der Waals surface area contributed by atoms with E-state index in [1.165, 1.54) is 0 Å². The van der Waals surface area contributed by atoms with E-state index in [2.05, 4.69) is 20.1 Å². The Bertz CT molecular complexity index is 1000. The summed E-state index contributed by atoms with van der Waals surface area (Å²) in [6.45, 7) is 0.0656. The number of rotatable bonds is 2. The number of pyridine rings is 1. The van der Waals surface area contributed by atoms with Gasteiger partial charge in [-0.15, -0.1) is 0 Å². The summed E-state index contributed by atoms with van der Waals surface area (Å²) in [7, 11) is 0. The highest BCUT2D eigenvalue weighted by Gasteiger charge is 2.50. The van der Waals surface area contributed by atoms with Crippen molar-refractivity contribution in [2.24, 2.45) is 0 Å². The number of piperidine rings is 1. The van der Waals surface area contributed by atoms with Gasteiger partial charge in [0, 0.05) is 18.3 Å². The summed E-state index contributed by atoms with van der Waals surface area (Å²) in [6, 6.07) is 0.327. The second kappa shape index (κ2) is 7.35. The molecule has 1 saturated heterocycles. The molecule has 0 bridgehead atoms. The van der Waals surface area contributed by atoms with E-state index in [1.54, 1.807) is 0 Å². The topological polar surface area (TPSA) is 81.1 Å². The number of fused-ring (bicyclic) bond motifs is 1. The van der Waals surface area contributed by atoms with Crippen LogP contribution in [0.15, 0.2) is 18.3 Å². The Morgan fingerprint density at radius 2 is 1.94 bits per heavy atom. The summed E-state index contributed by atoms with van der Waals surface area (Å²) < 4.78 is 101. The number of nitrogens with zero attached hydrogens (tertiary/aromatic N) is 3. The van der Waals surface area contributed by atoms with Gasteiger partial charge < -0.3 is 10.1 Å². The molecule has 0 saturated carbocycles. The van der Waals surface area contributed by atoms with Gasteiger partial charge in [0.1, 0.15) is 17.7 Å². The zero-order valence-electron chi connectivity index (χ0n) is 15.4. The van der Waals surface area contributed by atoms with E-state index in [0.29, 0.717) is 10.7 Å². The van der Waals surface area contributed by atoms with Gasteiger partial charge in [-0.05, 0) is 25.1 Å². The first-order chi connectivity index (χ1) is 14.5. The van der Waals surface area contributed by atoms with Crippen LogP contribution in [-0.4, -0.2) is 46.3 Å². The molecule has 168 valence electrons. The van der Waals surface area contributed by atoms with Crippen LogP contribution in [0, 0.1) is 0 Å². The Kier molecular flexibility index (Phi) is 5.06. The standard InChI is InChI=1S/C17H14F7N5O2/c18-8-6-25-3-2-10(8)29-11(16(19,20)21)5-9(28-29)7-1-4-26-14-12(7)13(17(22,23)24)31-15(30)27-14/h1,4-5,8,10,13,25H,2-3,6H2,(H,26,27,30)/t8-,10+,13-/m1/s1. The van der Waals surface area contributed by atoms with Crippen molar-refractivity contribution >= 4 is 11.9 Å². The fraction of sp³-hybridized carbons (Fsp3) is 0.471. The van der Waals surface area contributed by atoms with Crippen molar-refractivity contribution in [3.05, 3.63) is 29.6 Å². The second-order valence-electron chi connectivity index (χ2n) is 7.01. The third-order valence-electron chi connectivity index (χ3n) is 4.98. The van der Waals surface area contributed by atoms with Crippen LogP contribution in [0.3, 0.4) is 0 Å². The lowest BCUT2D eigenvalue weighted by Crippen LogP contribution is -2.40. The number of hydrogen-bond acceptors (Lipinski definition) is 5. The lowest BCUT2D eigenvalue weighted by atomic mass is 9.99. The minimum atomic E-state index is -5.06. The lowest BCUT2D eigenvalue weighted by molar-refractivity contribution is -0.206. The SMILES string of the molecule is O=C1Nc2nccc(-c3cc(C(F)(F)F)n([C@H]4CCNC[C@H]4F)n3)c2[C@H](C(F)(F)F)O1. The first kappa shape index (κ1) is 21.3. The van der Waals surface area contributed by atoms with E-state index in [0.717, 1.165) is 12.3 Å². The number of amides is 1. The minimum absolute atomic E-state index is 0.00413. The van der Waals surface area contributed by atoms with E-state index in [4.69, 9.17) is 0 Å². The Labute approximate surface area is 169 Å². The number of carbonyl (C=O) groups is 1. The van der Waals surface area contributed by atoms with Crippen LogP contribution >= 0.6 is 0 Å². The molecule has 0 aromatic carbocycles. The number of ether oxygens (including phenoxy) is 1. The molecule has 4 rings (SSSR count). The maximum Gasteiger partial charge on any atom is 0.433 e. The summed E-state index contributed by atoms with van der Waals surface area (Å²) >= 11 is 0. The maximum absolute atomic E-state index is 14.3. The van der Waals surface area contributed by atoms with Crippen LogP contribution in [0.2, 0.25) is 0 Å². The summed E-state index contributed by atoms with van der Waals surface area (Å²) in [5, 5.41) is 8.54. The van der Waals surface area contributed by atoms with E-state index < -0.39 is 59.5 Å². The van der Waals surface area contributed by atoms with Gasteiger partial charge in [-0.1, -0.05) is 0 Å². The van der Waals surface area contributed by atoms with Crippen molar-refractivity contribution in [3.63, 3.8) is 0 Å². The summed E-state index contributed by atoms with van der Waals surface area (Å²) in [5.74, 6) is -0.510. The molecule has 2 aromatic rings. The van der Waals surface area contributed by atoms with Crippen molar-refractivity contribution in [1.29, 1.82) is 0 Å². The highest BCUT2D eigenvalue weighted by Crippen LogP contribution is 2.46. The molecule has 14 heteroatoms. The average molecular weight is 453 g/mol.